The second-order valence-electron chi connectivity index (χ2n) is 5.84. The van der Waals surface area contributed by atoms with E-state index in [1.165, 1.54) is 29.5 Å². The Kier molecular flexibility index (Phi) is 6.35. The molecule has 0 radical (unpaired) electrons. The number of carboxylic acid groups (broad SMARTS) is 1. The van der Waals surface area contributed by atoms with Crippen LogP contribution in [0.5, 0.6) is 5.75 Å². The van der Waals surface area contributed by atoms with Crippen LogP contribution in [0.25, 0.3) is 0 Å². The molecule has 1 heterocycles. The third kappa shape index (κ3) is 5.06. The van der Waals surface area contributed by atoms with E-state index in [4.69, 9.17) is 9.84 Å². The first kappa shape index (κ1) is 19.5. The first-order chi connectivity index (χ1) is 12.3. The zero-order valence-electron chi connectivity index (χ0n) is 14.6. The van der Waals surface area contributed by atoms with Crippen LogP contribution in [0.3, 0.4) is 0 Å². The Morgan fingerprint density at radius 1 is 1.15 bits per heavy atom. The number of carbonyl (C=O) groups excluding carboxylic acids is 2. The van der Waals surface area contributed by atoms with E-state index in [-0.39, 0.29) is 23.3 Å². The summed E-state index contributed by atoms with van der Waals surface area (Å²) in [6, 6.07) is 6.81. The fourth-order valence-electron chi connectivity index (χ4n) is 2.10. The first-order valence-electron chi connectivity index (χ1n) is 7.97. The van der Waals surface area contributed by atoms with Gasteiger partial charge in [0.2, 0.25) is 5.91 Å². The average molecular weight is 376 g/mol. The zero-order valence-corrected chi connectivity index (χ0v) is 15.4. The highest BCUT2D eigenvalue weighted by Crippen LogP contribution is 2.27. The minimum atomic E-state index is -1.12. The maximum Gasteiger partial charge on any atom is 0.335 e. The Bertz CT molecular complexity index is 802. The van der Waals surface area contributed by atoms with E-state index < -0.39 is 17.9 Å². The second kappa shape index (κ2) is 8.48. The summed E-state index contributed by atoms with van der Waals surface area (Å²) in [6.45, 7) is 5.19. The molecule has 0 saturated heterocycles. The first-order valence-corrected chi connectivity index (χ1v) is 8.85. The van der Waals surface area contributed by atoms with Crippen molar-refractivity contribution in [2.75, 3.05) is 5.32 Å². The van der Waals surface area contributed by atoms with Crippen molar-refractivity contribution in [2.45, 2.75) is 32.9 Å². The highest BCUT2D eigenvalue weighted by molar-refractivity contribution is 7.12. The molecule has 1 atom stereocenters. The largest absolute Gasteiger partial charge is 0.489 e. The highest BCUT2D eigenvalue weighted by Gasteiger charge is 2.20. The molecular weight excluding hydrogens is 356 g/mol. The monoisotopic (exact) mass is 376 g/mol. The van der Waals surface area contributed by atoms with Crippen LogP contribution in [-0.4, -0.2) is 35.0 Å². The maximum absolute atomic E-state index is 12.4. The molecule has 0 aliphatic rings. The SMILES string of the molecule is CC(C)Oc1ccc(C(=O)O)cc1NC(=O)C(C)NC(=O)c1cccs1. The summed E-state index contributed by atoms with van der Waals surface area (Å²) in [7, 11) is 0. The molecule has 1 unspecified atom stereocenters. The van der Waals surface area contributed by atoms with Gasteiger partial charge >= 0.3 is 5.97 Å². The molecule has 1 aromatic heterocycles. The van der Waals surface area contributed by atoms with Gasteiger partial charge in [0.05, 0.1) is 22.2 Å². The van der Waals surface area contributed by atoms with E-state index in [0.29, 0.717) is 10.6 Å². The maximum atomic E-state index is 12.4. The number of hydrogen-bond donors (Lipinski definition) is 3. The molecule has 0 spiro atoms. The Labute approximate surface area is 155 Å². The van der Waals surface area contributed by atoms with Gasteiger partial charge in [0.25, 0.3) is 5.91 Å². The molecule has 0 aliphatic carbocycles. The molecule has 0 bridgehead atoms. The quantitative estimate of drug-likeness (QED) is 0.689. The summed E-state index contributed by atoms with van der Waals surface area (Å²) >= 11 is 1.27. The van der Waals surface area contributed by atoms with Crippen molar-refractivity contribution in [3.63, 3.8) is 0 Å². The molecule has 138 valence electrons. The van der Waals surface area contributed by atoms with Crippen LogP contribution in [0.1, 0.15) is 40.8 Å². The summed E-state index contributed by atoms with van der Waals surface area (Å²) < 4.78 is 5.61. The molecule has 26 heavy (non-hydrogen) atoms. The number of aromatic carboxylic acids is 1. The number of ether oxygens (including phenoxy) is 1. The zero-order chi connectivity index (χ0) is 19.3. The summed E-state index contributed by atoms with van der Waals surface area (Å²) in [5.41, 5.74) is 0.257. The van der Waals surface area contributed by atoms with Gasteiger partial charge in [-0.25, -0.2) is 4.79 Å². The lowest BCUT2D eigenvalue weighted by Crippen LogP contribution is -2.41. The van der Waals surface area contributed by atoms with E-state index in [2.05, 4.69) is 10.6 Å². The van der Waals surface area contributed by atoms with Crippen LogP contribution in [0.15, 0.2) is 35.7 Å². The van der Waals surface area contributed by atoms with E-state index in [1.807, 2.05) is 13.8 Å². The number of nitrogens with one attached hydrogen (secondary N) is 2. The van der Waals surface area contributed by atoms with Crippen molar-refractivity contribution < 1.29 is 24.2 Å². The molecule has 0 saturated carbocycles. The summed E-state index contributed by atoms with van der Waals surface area (Å²) in [4.78, 5) is 36.1. The topological polar surface area (TPSA) is 105 Å². The van der Waals surface area contributed by atoms with Gasteiger partial charge in [-0.05, 0) is 50.4 Å². The molecule has 2 amide bonds. The molecule has 2 rings (SSSR count). The van der Waals surface area contributed by atoms with Crippen LogP contribution in [0.2, 0.25) is 0 Å². The van der Waals surface area contributed by atoms with E-state index in [9.17, 15) is 14.4 Å². The number of carbonyl (C=O) groups is 3. The lowest BCUT2D eigenvalue weighted by Gasteiger charge is -2.18. The van der Waals surface area contributed by atoms with Crippen molar-refractivity contribution in [1.82, 2.24) is 5.32 Å². The van der Waals surface area contributed by atoms with E-state index >= 15 is 0 Å². The number of hydrogen-bond acceptors (Lipinski definition) is 5. The smallest absolute Gasteiger partial charge is 0.335 e. The van der Waals surface area contributed by atoms with Gasteiger partial charge < -0.3 is 20.5 Å². The van der Waals surface area contributed by atoms with Gasteiger partial charge in [-0.15, -0.1) is 11.3 Å². The standard InChI is InChI=1S/C18H20N2O5S/c1-10(2)25-14-7-6-12(18(23)24)9-13(14)20-16(21)11(3)19-17(22)15-5-4-8-26-15/h4-11H,1-3H3,(H,19,22)(H,20,21)(H,23,24). The lowest BCUT2D eigenvalue weighted by atomic mass is 10.1. The molecule has 3 N–H and O–H groups in total. The average Bonchev–Trinajstić information content (AvgIpc) is 3.10. The molecule has 0 aliphatic heterocycles. The molecule has 1 aromatic carbocycles. The molecule has 2 aromatic rings. The van der Waals surface area contributed by atoms with Gasteiger partial charge in [-0.2, -0.15) is 0 Å². The molecule has 7 nitrogen and oxygen atoms in total. The summed E-state index contributed by atoms with van der Waals surface area (Å²) in [5, 5.41) is 16.1. The van der Waals surface area contributed by atoms with Crippen LogP contribution in [-0.2, 0) is 4.79 Å². The fraction of sp³-hybridized carbons (Fsp3) is 0.278. The van der Waals surface area contributed by atoms with Gasteiger partial charge in [0, 0.05) is 0 Å². The van der Waals surface area contributed by atoms with Gasteiger partial charge in [-0.3, -0.25) is 9.59 Å². The highest BCUT2D eigenvalue weighted by atomic mass is 32.1. The van der Waals surface area contributed by atoms with Crippen LogP contribution in [0, 0.1) is 0 Å². The number of thiophene rings is 1. The minimum Gasteiger partial charge on any atom is -0.489 e. The number of anilines is 1. The van der Waals surface area contributed by atoms with E-state index in [1.54, 1.807) is 24.4 Å². The third-order valence-corrected chi connectivity index (χ3v) is 4.20. The summed E-state index contributed by atoms with van der Waals surface area (Å²) in [6.07, 6.45) is -0.155. The second-order valence-corrected chi connectivity index (χ2v) is 6.79. The Balaban J connectivity index is 2.14. The predicted octanol–water partition coefficient (Wildman–Crippen LogP) is 2.99. The number of amides is 2. The number of benzene rings is 1. The van der Waals surface area contributed by atoms with Crippen molar-refractivity contribution >= 4 is 34.8 Å². The van der Waals surface area contributed by atoms with Crippen LogP contribution in [0.4, 0.5) is 5.69 Å². The van der Waals surface area contributed by atoms with Crippen molar-refractivity contribution in [1.29, 1.82) is 0 Å². The number of rotatable bonds is 7. The summed E-state index contributed by atoms with van der Waals surface area (Å²) in [5.74, 6) is -1.59. The fourth-order valence-corrected chi connectivity index (χ4v) is 2.73. The molecule has 8 heteroatoms. The van der Waals surface area contributed by atoms with Crippen LogP contribution < -0.4 is 15.4 Å². The predicted molar refractivity (Wildman–Crippen MR) is 99.0 cm³/mol. The minimum absolute atomic E-state index is 0.0201. The van der Waals surface area contributed by atoms with Crippen molar-refractivity contribution in [3.05, 3.63) is 46.2 Å². The van der Waals surface area contributed by atoms with Crippen molar-refractivity contribution in [2.24, 2.45) is 0 Å². The Hall–Kier alpha value is -2.87. The number of carboxylic acids is 1. The normalized spacial score (nSPS) is 11.7. The third-order valence-electron chi connectivity index (χ3n) is 3.33. The van der Waals surface area contributed by atoms with Crippen LogP contribution >= 0.6 is 11.3 Å². The van der Waals surface area contributed by atoms with Crippen molar-refractivity contribution in [3.8, 4) is 5.75 Å². The Morgan fingerprint density at radius 2 is 1.88 bits per heavy atom. The van der Waals surface area contributed by atoms with Gasteiger partial charge in [0.15, 0.2) is 0 Å². The molecule has 0 fully saturated rings. The Morgan fingerprint density at radius 3 is 2.46 bits per heavy atom. The lowest BCUT2D eigenvalue weighted by molar-refractivity contribution is -0.117. The van der Waals surface area contributed by atoms with Gasteiger partial charge in [0.1, 0.15) is 11.8 Å². The van der Waals surface area contributed by atoms with E-state index in [0.717, 1.165) is 0 Å². The van der Waals surface area contributed by atoms with Gasteiger partial charge in [-0.1, -0.05) is 6.07 Å². The molecular formula is C18H20N2O5S.